The SMILES string of the molecule is Cc1cc(C)c2cc(S(=O)(=O)c3ccccc3)c(N)nc2n1. The van der Waals surface area contributed by atoms with Gasteiger partial charge in [0.15, 0.2) is 5.65 Å². The topological polar surface area (TPSA) is 85.9 Å². The van der Waals surface area contributed by atoms with Crippen molar-refractivity contribution < 1.29 is 8.42 Å². The third-order valence-electron chi connectivity index (χ3n) is 3.47. The van der Waals surface area contributed by atoms with E-state index in [-0.39, 0.29) is 15.6 Å². The molecular weight excluding hydrogens is 298 g/mol. The second kappa shape index (κ2) is 5.06. The number of anilines is 1. The van der Waals surface area contributed by atoms with Crippen LogP contribution in [0.25, 0.3) is 11.0 Å². The number of fused-ring (bicyclic) bond motifs is 1. The van der Waals surface area contributed by atoms with Crippen molar-refractivity contribution in [1.29, 1.82) is 0 Å². The molecule has 112 valence electrons. The number of aromatic nitrogens is 2. The number of sulfone groups is 1. The van der Waals surface area contributed by atoms with E-state index in [0.29, 0.717) is 11.0 Å². The van der Waals surface area contributed by atoms with E-state index in [1.807, 2.05) is 19.9 Å². The van der Waals surface area contributed by atoms with Gasteiger partial charge in [-0.05, 0) is 43.7 Å². The first-order chi connectivity index (χ1) is 10.4. The van der Waals surface area contributed by atoms with Gasteiger partial charge in [0, 0.05) is 11.1 Å². The van der Waals surface area contributed by atoms with E-state index >= 15 is 0 Å². The van der Waals surface area contributed by atoms with Crippen molar-refractivity contribution in [2.75, 3.05) is 5.73 Å². The Morgan fingerprint density at radius 3 is 2.36 bits per heavy atom. The van der Waals surface area contributed by atoms with Crippen LogP contribution in [0.2, 0.25) is 0 Å². The maximum absolute atomic E-state index is 12.7. The summed E-state index contributed by atoms with van der Waals surface area (Å²) < 4.78 is 25.5. The van der Waals surface area contributed by atoms with E-state index in [1.54, 1.807) is 36.4 Å². The lowest BCUT2D eigenvalue weighted by Crippen LogP contribution is -2.08. The number of hydrogen-bond acceptors (Lipinski definition) is 5. The maximum atomic E-state index is 12.7. The van der Waals surface area contributed by atoms with Crippen LogP contribution in [-0.4, -0.2) is 18.4 Å². The number of nitrogens with zero attached hydrogens (tertiary/aromatic N) is 2. The van der Waals surface area contributed by atoms with Crippen molar-refractivity contribution in [1.82, 2.24) is 9.97 Å². The van der Waals surface area contributed by atoms with E-state index < -0.39 is 9.84 Å². The van der Waals surface area contributed by atoms with E-state index in [4.69, 9.17) is 5.73 Å². The first-order valence-electron chi connectivity index (χ1n) is 6.74. The predicted molar refractivity (Wildman–Crippen MR) is 85.3 cm³/mol. The monoisotopic (exact) mass is 313 g/mol. The summed E-state index contributed by atoms with van der Waals surface area (Å²) in [5.74, 6) is -0.0335. The van der Waals surface area contributed by atoms with Crippen LogP contribution in [0.15, 0.2) is 52.3 Å². The van der Waals surface area contributed by atoms with Gasteiger partial charge in [-0.15, -0.1) is 0 Å². The van der Waals surface area contributed by atoms with Gasteiger partial charge in [0.2, 0.25) is 9.84 Å². The first kappa shape index (κ1) is 14.5. The van der Waals surface area contributed by atoms with Crippen LogP contribution in [0.1, 0.15) is 11.3 Å². The van der Waals surface area contributed by atoms with Crippen LogP contribution in [0.5, 0.6) is 0 Å². The van der Waals surface area contributed by atoms with Crippen LogP contribution >= 0.6 is 0 Å². The minimum atomic E-state index is -3.70. The number of nitrogens with two attached hydrogens (primary N) is 1. The van der Waals surface area contributed by atoms with Crippen molar-refractivity contribution in [3.05, 3.63) is 53.7 Å². The van der Waals surface area contributed by atoms with Gasteiger partial charge in [-0.3, -0.25) is 0 Å². The number of benzene rings is 1. The zero-order chi connectivity index (χ0) is 15.9. The summed E-state index contributed by atoms with van der Waals surface area (Å²) in [5.41, 5.74) is 8.07. The van der Waals surface area contributed by atoms with Crippen LogP contribution in [0, 0.1) is 13.8 Å². The third kappa shape index (κ3) is 2.31. The summed E-state index contributed by atoms with van der Waals surface area (Å²) in [7, 11) is -3.70. The molecule has 0 saturated heterocycles. The summed E-state index contributed by atoms with van der Waals surface area (Å²) in [4.78, 5) is 8.69. The number of hydrogen-bond donors (Lipinski definition) is 1. The summed E-state index contributed by atoms with van der Waals surface area (Å²) in [6.07, 6.45) is 0. The molecule has 2 aromatic heterocycles. The molecule has 0 bridgehead atoms. The molecule has 1 aromatic carbocycles. The fraction of sp³-hybridized carbons (Fsp3) is 0.125. The molecule has 0 spiro atoms. The van der Waals surface area contributed by atoms with Crippen LogP contribution in [-0.2, 0) is 9.84 Å². The highest BCUT2D eigenvalue weighted by atomic mass is 32.2. The lowest BCUT2D eigenvalue weighted by Gasteiger charge is -2.10. The molecule has 22 heavy (non-hydrogen) atoms. The Labute approximate surface area is 128 Å². The first-order valence-corrected chi connectivity index (χ1v) is 8.22. The third-order valence-corrected chi connectivity index (χ3v) is 5.27. The minimum Gasteiger partial charge on any atom is -0.383 e. The number of nitrogen functional groups attached to an aromatic ring is 1. The minimum absolute atomic E-state index is 0.0138. The smallest absolute Gasteiger partial charge is 0.210 e. The molecule has 2 N–H and O–H groups in total. The van der Waals surface area contributed by atoms with Crippen LogP contribution in [0.4, 0.5) is 5.82 Å². The van der Waals surface area contributed by atoms with Crippen LogP contribution in [0.3, 0.4) is 0 Å². The normalized spacial score (nSPS) is 11.7. The highest BCUT2D eigenvalue weighted by Gasteiger charge is 2.22. The molecule has 3 aromatic rings. The largest absolute Gasteiger partial charge is 0.383 e. The molecule has 0 atom stereocenters. The number of pyridine rings is 2. The fourth-order valence-electron chi connectivity index (χ4n) is 2.41. The Kier molecular flexibility index (Phi) is 3.33. The van der Waals surface area contributed by atoms with Crippen molar-refractivity contribution >= 4 is 26.7 Å². The Morgan fingerprint density at radius 2 is 1.68 bits per heavy atom. The lowest BCUT2D eigenvalue weighted by atomic mass is 10.1. The zero-order valence-corrected chi connectivity index (χ0v) is 13.1. The van der Waals surface area contributed by atoms with Gasteiger partial charge in [0.05, 0.1) is 4.90 Å². The number of aryl methyl sites for hydroxylation is 2. The van der Waals surface area contributed by atoms with Gasteiger partial charge in [-0.2, -0.15) is 0 Å². The molecule has 0 radical (unpaired) electrons. The van der Waals surface area contributed by atoms with Gasteiger partial charge in [0.1, 0.15) is 10.7 Å². The Morgan fingerprint density at radius 1 is 1.00 bits per heavy atom. The second-order valence-corrected chi connectivity index (χ2v) is 7.06. The summed E-state index contributed by atoms with van der Waals surface area (Å²) >= 11 is 0. The highest BCUT2D eigenvalue weighted by molar-refractivity contribution is 7.91. The fourth-order valence-corrected chi connectivity index (χ4v) is 3.77. The number of rotatable bonds is 2. The Bertz CT molecular complexity index is 968. The molecular formula is C16H15N3O2S. The van der Waals surface area contributed by atoms with Crippen molar-refractivity contribution in [3.63, 3.8) is 0 Å². The highest BCUT2D eigenvalue weighted by Crippen LogP contribution is 2.28. The van der Waals surface area contributed by atoms with Crippen molar-refractivity contribution in [2.24, 2.45) is 0 Å². The van der Waals surface area contributed by atoms with Gasteiger partial charge >= 0.3 is 0 Å². The van der Waals surface area contributed by atoms with Crippen LogP contribution < -0.4 is 5.73 Å². The predicted octanol–water partition coefficient (Wildman–Crippen LogP) is 2.66. The van der Waals surface area contributed by atoms with Gasteiger partial charge in [-0.25, -0.2) is 18.4 Å². The summed E-state index contributed by atoms with van der Waals surface area (Å²) in [6.45, 7) is 3.76. The maximum Gasteiger partial charge on any atom is 0.210 e. The standard InChI is InChI=1S/C16H15N3O2S/c1-10-8-11(2)18-16-13(10)9-14(15(17)19-16)22(20,21)12-6-4-3-5-7-12/h3-9H,1-2H3,(H2,17,18,19). The zero-order valence-electron chi connectivity index (χ0n) is 12.2. The Balaban J connectivity index is 2.30. The average Bonchev–Trinajstić information content (AvgIpc) is 2.47. The van der Waals surface area contributed by atoms with E-state index in [9.17, 15) is 8.42 Å². The van der Waals surface area contributed by atoms with E-state index in [0.717, 1.165) is 11.3 Å². The van der Waals surface area contributed by atoms with Gasteiger partial charge < -0.3 is 5.73 Å². The van der Waals surface area contributed by atoms with Crippen molar-refractivity contribution in [2.45, 2.75) is 23.6 Å². The van der Waals surface area contributed by atoms with E-state index in [2.05, 4.69) is 9.97 Å². The molecule has 5 nitrogen and oxygen atoms in total. The molecule has 0 unspecified atom stereocenters. The van der Waals surface area contributed by atoms with Gasteiger partial charge in [0.25, 0.3) is 0 Å². The molecule has 2 heterocycles. The lowest BCUT2D eigenvalue weighted by molar-refractivity contribution is 0.596. The van der Waals surface area contributed by atoms with Crippen molar-refractivity contribution in [3.8, 4) is 0 Å². The summed E-state index contributed by atoms with van der Waals surface area (Å²) in [5, 5.41) is 0.689. The molecule has 0 amide bonds. The average molecular weight is 313 g/mol. The molecule has 6 heteroatoms. The molecule has 0 aliphatic rings. The molecule has 0 aliphatic carbocycles. The molecule has 0 saturated carbocycles. The summed E-state index contributed by atoms with van der Waals surface area (Å²) in [6, 6.07) is 11.6. The molecule has 0 aliphatic heterocycles. The van der Waals surface area contributed by atoms with E-state index in [1.165, 1.54) is 0 Å². The van der Waals surface area contributed by atoms with Gasteiger partial charge in [-0.1, -0.05) is 18.2 Å². The molecule has 3 rings (SSSR count). The second-order valence-electron chi connectivity index (χ2n) is 5.14. The molecule has 0 fully saturated rings. The quantitative estimate of drug-likeness (QED) is 0.786. The Hall–Kier alpha value is -2.47.